The number of aromatic nitrogens is 3. The zero-order chi connectivity index (χ0) is 13.0. The Labute approximate surface area is 118 Å². The number of aromatic amines is 1. The molecule has 0 radical (unpaired) electrons. The van der Waals surface area contributed by atoms with Crippen LogP contribution in [0.4, 0.5) is 0 Å². The van der Waals surface area contributed by atoms with Crippen molar-refractivity contribution < 1.29 is 9.15 Å². The van der Waals surface area contributed by atoms with E-state index >= 15 is 0 Å². The van der Waals surface area contributed by atoms with Crippen molar-refractivity contribution in [3.8, 4) is 10.8 Å². The van der Waals surface area contributed by atoms with Crippen LogP contribution >= 0.6 is 35.3 Å². The lowest BCUT2D eigenvalue weighted by atomic mass is 10.4. The van der Waals surface area contributed by atoms with Gasteiger partial charge in [-0.15, -0.1) is 16.4 Å². The molecule has 2 aromatic heterocycles. The molecular formula is C10H13N3O2S3. The maximum absolute atomic E-state index is 5.33. The second-order valence-electron chi connectivity index (χ2n) is 3.37. The topological polar surface area (TPSA) is 63.9 Å². The van der Waals surface area contributed by atoms with E-state index in [0.717, 1.165) is 27.1 Å². The van der Waals surface area contributed by atoms with E-state index in [1.54, 1.807) is 18.4 Å². The summed E-state index contributed by atoms with van der Waals surface area (Å²) in [6.07, 6.45) is 0. The van der Waals surface area contributed by atoms with Crippen molar-refractivity contribution in [1.29, 1.82) is 0 Å². The maximum Gasteiger partial charge on any atom is 0.284 e. The van der Waals surface area contributed by atoms with Crippen LogP contribution in [0.5, 0.6) is 0 Å². The Morgan fingerprint density at radius 3 is 3.00 bits per heavy atom. The third-order valence-corrected chi connectivity index (χ3v) is 4.41. The molecule has 0 spiro atoms. The van der Waals surface area contributed by atoms with E-state index in [1.807, 2.05) is 11.8 Å². The number of nitrogens with zero attached hydrogens (tertiary/aromatic N) is 2. The molecule has 0 atom stereocenters. The summed E-state index contributed by atoms with van der Waals surface area (Å²) in [5.41, 5.74) is 0.847. The highest BCUT2D eigenvalue weighted by molar-refractivity contribution is 7.98. The molecule has 0 amide bonds. The number of nitrogens with one attached hydrogen (secondary N) is 1. The van der Waals surface area contributed by atoms with Gasteiger partial charge in [-0.1, -0.05) is 6.92 Å². The second kappa shape index (κ2) is 6.46. The molecule has 98 valence electrons. The van der Waals surface area contributed by atoms with Crippen LogP contribution in [0.1, 0.15) is 17.6 Å². The Morgan fingerprint density at radius 2 is 2.39 bits per heavy atom. The van der Waals surface area contributed by atoms with E-state index in [2.05, 4.69) is 22.1 Å². The Balaban J connectivity index is 2.31. The first-order chi connectivity index (χ1) is 8.74. The molecule has 0 unspecified atom stereocenters. The quantitative estimate of drug-likeness (QED) is 0.826. The van der Waals surface area contributed by atoms with Gasteiger partial charge in [0, 0.05) is 12.9 Å². The Kier molecular flexibility index (Phi) is 4.93. The van der Waals surface area contributed by atoms with Crippen LogP contribution in [-0.2, 0) is 17.1 Å². The van der Waals surface area contributed by atoms with Crippen LogP contribution in [0.3, 0.4) is 0 Å². The average Bonchev–Trinajstić information content (AvgIpc) is 2.93. The summed E-state index contributed by atoms with van der Waals surface area (Å²) in [6, 6.07) is 0. The largest absolute Gasteiger partial charge is 0.408 e. The van der Waals surface area contributed by atoms with Gasteiger partial charge in [0.05, 0.1) is 12.3 Å². The minimum atomic E-state index is 0.270. The molecule has 2 rings (SSSR count). The monoisotopic (exact) mass is 303 g/mol. The molecule has 2 aromatic rings. The first-order valence-electron chi connectivity index (χ1n) is 5.35. The molecular weight excluding hydrogens is 290 g/mol. The number of hydrogen-bond donors (Lipinski definition) is 1. The number of thioether (sulfide) groups is 1. The van der Waals surface area contributed by atoms with Crippen LogP contribution in [0.2, 0.25) is 0 Å². The van der Waals surface area contributed by atoms with Crippen molar-refractivity contribution in [3.05, 3.63) is 15.5 Å². The maximum atomic E-state index is 5.33. The van der Waals surface area contributed by atoms with E-state index in [-0.39, 0.29) is 4.84 Å². The van der Waals surface area contributed by atoms with Crippen LogP contribution in [-0.4, -0.2) is 28.0 Å². The summed E-state index contributed by atoms with van der Waals surface area (Å²) >= 11 is 8.28. The number of thiazole rings is 1. The lowest BCUT2D eigenvalue weighted by Crippen LogP contribution is -1.91. The summed E-state index contributed by atoms with van der Waals surface area (Å²) in [5.74, 6) is 2.44. The van der Waals surface area contributed by atoms with Gasteiger partial charge >= 0.3 is 0 Å². The van der Waals surface area contributed by atoms with Crippen molar-refractivity contribution in [1.82, 2.24) is 15.2 Å². The van der Waals surface area contributed by atoms with Crippen molar-refractivity contribution in [3.63, 3.8) is 0 Å². The van der Waals surface area contributed by atoms with Gasteiger partial charge in [-0.25, -0.2) is 10.1 Å². The zero-order valence-corrected chi connectivity index (χ0v) is 12.5. The summed E-state index contributed by atoms with van der Waals surface area (Å²) < 4.78 is 10.5. The average molecular weight is 303 g/mol. The SMILES string of the molecule is CCSCc1nc(COC)c(-c2n[nH]c(=S)o2)s1. The van der Waals surface area contributed by atoms with Gasteiger partial charge in [0.15, 0.2) is 0 Å². The van der Waals surface area contributed by atoms with E-state index in [4.69, 9.17) is 21.4 Å². The summed E-state index contributed by atoms with van der Waals surface area (Å²) in [4.78, 5) is 5.70. The predicted molar refractivity (Wildman–Crippen MR) is 75.3 cm³/mol. The molecule has 0 aromatic carbocycles. The molecule has 2 heterocycles. The molecule has 18 heavy (non-hydrogen) atoms. The van der Waals surface area contributed by atoms with Crippen LogP contribution in [0.25, 0.3) is 10.8 Å². The number of hydrogen-bond acceptors (Lipinski definition) is 7. The second-order valence-corrected chi connectivity index (χ2v) is 6.10. The van der Waals surface area contributed by atoms with Crippen LogP contribution in [0.15, 0.2) is 4.42 Å². The minimum absolute atomic E-state index is 0.270. The molecule has 0 fully saturated rings. The van der Waals surface area contributed by atoms with Crippen LogP contribution < -0.4 is 0 Å². The van der Waals surface area contributed by atoms with Gasteiger partial charge in [-0.3, -0.25) is 0 Å². The van der Waals surface area contributed by atoms with E-state index in [1.165, 1.54) is 0 Å². The number of methoxy groups -OCH3 is 1. The molecule has 0 aliphatic rings. The lowest BCUT2D eigenvalue weighted by Gasteiger charge is -1.95. The van der Waals surface area contributed by atoms with Gasteiger partial charge in [-0.05, 0) is 18.0 Å². The van der Waals surface area contributed by atoms with Gasteiger partial charge in [0.1, 0.15) is 9.88 Å². The van der Waals surface area contributed by atoms with E-state index in [9.17, 15) is 0 Å². The first-order valence-corrected chi connectivity index (χ1v) is 7.73. The third-order valence-electron chi connectivity index (χ3n) is 2.08. The summed E-state index contributed by atoms with van der Waals surface area (Å²) in [7, 11) is 1.64. The van der Waals surface area contributed by atoms with E-state index < -0.39 is 0 Å². The standard InChI is InChI=1S/C10H13N3O2S3/c1-3-17-5-7-11-6(4-14-2)8(18-7)9-12-13-10(16)15-9/h3-5H2,1-2H3,(H,13,16). The molecule has 0 bridgehead atoms. The normalized spacial score (nSPS) is 11.0. The highest BCUT2D eigenvalue weighted by atomic mass is 32.2. The highest BCUT2D eigenvalue weighted by Crippen LogP contribution is 2.31. The molecule has 8 heteroatoms. The summed E-state index contributed by atoms with van der Waals surface area (Å²) in [6.45, 7) is 2.57. The van der Waals surface area contributed by atoms with Crippen molar-refractivity contribution in [2.75, 3.05) is 12.9 Å². The zero-order valence-electron chi connectivity index (χ0n) is 10.1. The van der Waals surface area contributed by atoms with Crippen molar-refractivity contribution >= 4 is 35.3 Å². The Bertz CT molecular complexity index is 561. The van der Waals surface area contributed by atoms with Crippen molar-refractivity contribution in [2.45, 2.75) is 19.3 Å². The van der Waals surface area contributed by atoms with Crippen molar-refractivity contribution in [2.24, 2.45) is 0 Å². The van der Waals surface area contributed by atoms with Gasteiger partial charge in [-0.2, -0.15) is 11.8 Å². The fraction of sp³-hybridized carbons (Fsp3) is 0.500. The van der Waals surface area contributed by atoms with Gasteiger partial charge < -0.3 is 9.15 Å². The third kappa shape index (κ3) is 3.19. The molecule has 0 aliphatic heterocycles. The summed E-state index contributed by atoms with van der Waals surface area (Å²) in [5, 5.41) is 7.70. The molecule has 5 nitrogen and oxygen atoms in total. The first kappa shape index (κ1) is 13.7. The number of ether oxygens (including phenoxy) is 1. The Hall–Kier alpha value is -0.700. The molecule has 0 saturated heterocycles. The number of rotatable bonds is 6. The molecule has 0 aliphatic carbocycles. The smallest absolute Gasteiger partial charge is 0.284 e. The highest BCUT2D eigenvalue weighted by Gasteiger charge is 2.17. The fourth-order valence-corrected chi connectivity index (χ4v) is 3.22. The fourth-order valence-electron chi connectivity index (χ4n) is 1.38. The molecule has 0 saturated carbocycles. The number of H-pyrrole nitrogens is 1. The molecule has 1 N–H and O–H groups in total. The predicted octanol–water partition coefficient (Wildman–Crippen LogP) is 3.26. The van der Waals surface area contributed by atoms with E-state index in [0.29, 0.717) is 12.5 Å². The lowest BCUT2D eigenvalue weighted by molar-refractivity contribution is 0.182. The minimum Gasteiger partial charge on any atom is -0.408 e. The van der Waals surface area contributed by atoms with Gasteiger partial charge in [0.25, 0.3) is 10.7 Å². The van der Waals surface area contributed by atoms with Gasteiger partial charge in [0.2, 0.25) is 0 Å². The van der Waals surface area contributed by atoms with Crippen LogP contribution in [0, 0.1) is 4.84 Å². The Morgan fingerprint density at radius 1 is 1.56 bits per heavy atom.